The van der Waals surface area contributed by atoms with Crippen LogP contribution in [-0.4, -0.2) is 22.6 Å². The van der Waals surface area contributed by atoms with Gasteiger partial charge in [0.25, 0.3) is 0 Å². The fraction of sp³-hybridized carbons (Fsp3) is 0.667. The van der Waals surface area contributed by atoms with Crippen LogP contribution in [0.4, 0.5) is 0 Å². The molecule has 0 rings (SSSR count). The highest BCUT2D eigenvalue weighted by Crippen LogP contribution is 2.27. The first-order valence-corrected chi connectivity index (χ1v) is 5.45. The Morgan fingerprint density at radius 1 is 1.38 bits per heavy atom. The lowest BCUT2D eigenvalue weighted by atomic mass is 9.88. The second kappa shape index (κ2) is 6.30. The standard InChI is InChI=1S/C12H20O4/c1-5-8-12(4,9(2)3)16-11(15)7-6-10(13)14/h6-7,9H,5,8H2,1-4H3,(H,13,14)/b7-6+. The van der Waals surface area contributed by atoms with Crippen LogP contribution >= 0.6 is 0 Å². The summed E-state index contributed by atoms with van der Waals surface area (Å²) >= 11 is 0. The molecule has 1 atom stereocenters. The molecule has 1 N–H and O–H groups in total. The third-order valence-electron chi connectivity index (χ3n) is 2.66. The average Bonchev–Trinajstić information content (AvgIpc) is 2.14. The highest BCUT2D eigenvalue weighted by molar-refractivity contribution is 5.90. The average molecular weight is 228 g/mol. The van der Waals surface area contributed by atoms with E-state index in [4.69, 9.17) is 9.84 Å². The molecule has 0 aromatic carbocycles. The summed E-state index contributed by atoms with van der Waals surface area (Å²) in [4.78, 5) is 21.6. The van der Waals surface area contributed by atoms with Gasteiger partial charge in [-0.25, -0.2) is 9.59 Å². The molecule has 0 saturated carbocycles. The Morgan fingerprint density at radius 3 is 2.31 bits per heavy atom. The van der Waals surface area contributed by atoms with Crippen LogP contribution in [0.2, 0.25) is 0 Å². The monoisotopic (exact) mass is 228 g/mol. The molecule has 0 saturated heterocycles. The molecule has 0 aliphatic rings. The van der Waals surface area contributed by atoms with Gasteiger partial charge in [0, 0.05) is 12.2 Å². The number of carbonyl (C=O) groups excluding carboxylic acids is 1. The summed E-state index contributed by atoms with van der Waals surface area (Å²) in [6, 6.07) is 0. The van der Waals surface area contributed by atoms with Crippen molar-refractivity contribution in [2.75, 3.05) is 0 Å². The summed E-state index contributed by atoms with van der Waals surface area (Å²) in [7, 11) is 0. The maximum atomic E-state index is 11.4. The van der Waals surface area contributed by atoms with Crippen LogP contribution in [0.25, 0.3) is 0 Å². The SMILES string of the molecule is CCCC(C)(OC(=O)/C=C/C(=O)O)C(C)C. The van der Waals surface area contributed by atoms with Gasteiger partial charge in [0.05, 0.1) is 0 Å². The van der Waals surface area contributed by atoms with Crippen molar-refractivity contribution in [1.29, 1.82) is 0 Å². The number of hydrogen-bond acceptors (Lipinski definition) is 3. The minimum Gasteiger partial charge on any atom is -0.478 e. The van der Waals surface area contributed by atoms with Crippen LogP contribution < -0.4 is 0 Å². The van der Waals surface area contributed by atoms with Crippen LogP contribution in [0.3, 0.4) is 0 Å². The second-order valence-electron chi connectivity index (χ2n) is 4.31. The van der Waals surface area contributed by atoms with Crippen molar-refractivity contribution in [1.82, 2.24) is 0 Å². The van der Waals surface area contributed by atoms with Crippen molar-refractivity contribution in [3.05, 3.63) is 12.2 Å². The van der Waals surface area contributed by atoms with E-state index >= 15 is 0 Å². The van der Waals surface area contributed by atoms with E-state index < -0.39 is 17.5 Å². The molecule has 0 heterocycles. The molecule has 0 aliphatic heterocycles. The van der Waals surface area contributed by atoms with Gasteiger partial charge in [-0.2, -0.15) is 0 Å². The lowest BCUT2D eigenvalue weighted by Crippen LogP contribution is -2.36. The van der Waals surface area contributed by atoms with Gasteiger partial charge < -0.3 is 9.84 Å². The van der Waals surface area contributed by atoms with Gasteiger partial charge in [-0.15, -0.1) is 0 Å². The molecule has 16 heavy (non-hydrogen) atoms. The lowest BCUT2D eigenvalue weighted by Gasteiger charge is -2.32. The molecule has 0 spiro atoms. The number of carboxylic acids is 1. The summed E-state index contributed by atoms with van der Waals surface area (Å²) in [6.07, 6.45) is 3.40. The van der Waals surface area contributed by atoms with Gasteiger partial charge in [-0.1, -0.05) is 27.2 Å². The molecule has 0 bridgehead atoms. The first-order valence-electron chi connectivity index (χ1n) is 5.45. The van der Waals surface area contributed by atoms with Crippen molar-refractivity contribution in [3.8, 4) is 0 Å². The Bertz CT molecular complexity index is 281. The van der Waals surface area contributed by atoms with Crippen molar-refractivity contribution >= 4 is 11.9 Å². The molecule has 0 aromatic rings. The van der Waals surface area contributed by atoms with Crippen molar-refractivity contribution in [2.24, 2.45) is 5.92 Å². The minimum absolute atomic E-state index is 0.189. The highest BCUT2D eigenvalue weighted by Gasteiger charge is 2.30. The van der Waals surface area contributed by atoms with Crippen molar-refractivity contribution in [3.63, 3.8) is 0 Å². The first-order chi connectivity index (χ1) is 7.31. The van der Waals surface area contributed by atoms with Gasteiger partial charge in [0.1, 0.15) is 5.60 Å². The number of carbonyl (C=O) groups is 2. The zero-order valence-corrected chi connectivity index (χ0v) is 10.3. The Labute approximate surface area is 96.3 Å². The third kappa shape index (κ3) is 4.96. The topological polar surface area (TPSA) is 63.6 Å². The Kier molecular flexibility index (Phi) is 5.78. The summed E-state index contributed by atoms with van der Waals surface area (Å²) in [5.41, 5.74) is -0.533. The van der Waals surface area contributed by atoms with Crippen LogP contribution in [0.1, 0.15) is 40.5 Å². The number of ether oxygens (including phenoxy) is 1. The van der Waals surface area contributed by atoms with E-state index in [9.17, 15) is 9.59 Å². The molecular weight excluding hydrogens is 208 g/mol. The van der Waals surface area contributed by atoms with Crippen LogP contribution in [0.5, 0.6) is 0 Å². The zero-order valence-electron chi connectivity index (χ0n) is 10.3. The summed E-state index contributed by atoms with van der Waals surface area (Å²) < 4.78 is 5.30. The van der Waals surface area contributed by atoms with E-state index in [1.807, 2.05) is 27.7 Å². The second-order valence-corrected chi connectivity index (χ2v) is 4.31. The van der Waals surface area contributed by atoms with E-state index in [0.29, 0.717) is 0 Å². The zero-order chi connectivity index (χ0) is 12.8. The van der Waals surface area contributed by atoms with Gasteiger partial charge in [-0.3, -0.25) is 0 Å². The van der Waals surface area contributed by atoms with Gasteiger partial charge >= 0.3 is 11.9 Å². The Morgan fingerprint density at radius 2 is 1.94 bits per heavy atom. The van der Waals surface area contributed by atoms with E-state index in [2.05, 4.69) is 0 Å². The van der Waals surface area contributed by atoms with Crippen molar-refractivity contribution in [2.45, 2.75) is 46.1 Å². The summed E-state index contributed by atoms with van der Waals surface area (Å²) in [6.45, 7) is 7.84. The predicted octanol–water partition coefficient (Wildman–Crippen LogP) is 2.39. The minimum atomic E-state index is -1.15. The van der Waals surface area contributed by atoms with E-state index in [1.54, 1.807) is 0 Å². The third-order valence-corrected chi connectivity index (χ3v) is 2.66. The number of rotatable bonds is 6. The number of aliphatic carboxylic acids is 1. The summed E-state index contributed by atoms with van der Waals surface area (Å²) in [5.74, 6) is -1.57. The molecule has 0 aliphatic carbocycles. The van der Waals surface area contributed by atoms with Gasteiger partial charge in [0.15, 0.2) is 0 Å². The van der Waals surface area contributed by atoms with E-state index in [1.165, 1.54) is 0 Å². The van der Waals surface area contributed by atoms with Gasteiger partial charge in [-0.05, 0) is 19.3 Å². The molecule has 0 amide bonds. The molecule has 1 unspecified atom stereocenters. The molecule has 4 heteroatoms. The van der Waals surface area contributed by atoms with Crippen LogP contribution in [0, 0.1) is 5.92 Å². The first kappa shape index (κ1) is 14.7. The number of hydrogen-bond donors (Lipinski definition) is 1. The molecule has 0 aromatic heterocycles. The molecule has 0 radical (unpaired) electrons. The normalized spacial score (nSPS) is 15.1. The van der Waals surface area contributed by atoms with Crippen LogP contribution in [0.15, 0.2) is 12.2 Å². The molecule has 0 fully saturated rings. The predicted molar refractivity (Wildman–Crippen MR) is 61.0 cm³/mol. The maximum Gasteiger partial charge on any atom is 0.331 e. The van der Waals surface area contributed by atoms with E-state index in [0.717, 1.165) is 25.0 Å². The molecule has 92 valence electrons. The molecule has 4 nitrogen and oxygen atoms in total. The number of esters is 1. The highest BCUT2D eigenvalue weighted by atomic mass is 16.6. The fourth-order valence-corrected chi connectivity index (χ4v) is 1.36. The number of carboxylic acid groups (broad SMARTS) is 1. The van der Waals surface area contributed by atoms with Gasteiger partial charge in [0.2, 0.25) is 0 Å². The largest absolute Gasteiger partial charge is 0.478 e. The lowest BCUT2D eigenvalue weighted by molar-refractivity contribution is -0.157. The van der Waals surface area contributed by atoms with E-state index in [-0.39, 0.29) is 5.92 Å². The Balaban J connectivity index is 4.52. The Hall–Kier alpha value is -1.32. The summed E-state index contributed by atoms with van der Waals surface area (Å²) in [5, 5.41) is 8.38. The van der Waals surface area contributed by atoms with Crippen molar-refractivity contribution < 1.29 is 19.4 Å². The fourth-order valence-electron chi connectivity index (χ4n) is 1.36. The van der Waals surface area contributed by atoms with Crippen LogP contribution in [-0.2, 0) is 14.3 Å². The smallest absolute Gasteiger partial charge is 0.331 e. The quantitative estimate of drug-likeness (QED) is 0.560. The maximum absolute atomic E-state index is 11.4. The molecular formula is C12H20O4.